The zero-order chi connectivity index (χ0) is 17.5. The summed E-state index contributed by atoms with van der Waals surface area (Å²) in [5.41, 5.74) is 1.07. The van der Waals surface area contributed by atoms with Crippen molar-refractivity contribution in [3.05, 3.63) is 47.6 Å². The fourth-order valence-corrected chi connectivity index (χ4v) is 3.27. The Hall–Kier alpha value is -2.14. The van der Waals surface area contributed by atoms with Crippen molar-refractivity contribution in [3.8, 4) is 5.75 Å². The molecule has 134 valence electrons. The molecule has 1 saturated carbocycles. The van der Waals surface area contributed by atoms with Crippen LogP contribution < -0.4 is 10.1 Å². The van der Waals surface area contributed by atoms with Crippen molar-refractivity contribution in [1.29, 1.82) is 0 Å². The summed E-state index contributed by atoms with van der Waals surface area (Å²) in [6, 6.07) is 8.00. The predicted octanol–water partition coefficient (Wildman–Crippen LogP) is 4.49. The zero-order valence-corrected chi connectivity index (χ0v) is 15.1. The summed E-state index contributed by atoms with van der Waals surface area (Å²) in [5.74, 6) is 2.91. The van der Waals surface area contributed by atoms with Gasteiger partial charge in [-0.2, -0.15) is 4.98 Å². The van der Waals surface area contributed by atoms with E-state index < -0.39 is 0 Å². The van der Waals surface area contributed by atoms with Crippen LogP contribution in [0, 0.1) is 0 Å². The van der Waals surface area contributed by atoms with Crippen LogP contribution in [0.25, 0.3) is 6.08 Å². The van der Waals surface area contributed by atoms with E-state index in [1.54, 1.807) is 7.11 Å². The minimum absolute atomic E-state index is 0.0344. The Morgan fingerprint density at radius 3 is 2.88 bits per heavy atom. The number of hydrogen-bond donors (Lipinski definition) is 1. The van der Waals surface area contributed by atoms with Gasteiger partial charge in [0, 0.05) is 18.0 Å². The van der Waals surface area contributed by atoms with Crippen molar-refractivity contribution >= 4 is 6.08 Å². The van der Waals surface area contributed by atoms with E-state index in [9.17, 15) is 0 Å². The Labute approximate surface area is 149 Å². The molecule has 1 unspecified atom stereocenters. The van der Waals surface area contributed by atoms with Crippen LogP contribution in [0.5, 0.6) is 5.75 Å². The minimum atomic E-state index is 0.0344. The highest BCUT2D eigenvalue weighted by Gasteiger charge is 2.22. The molecule has 5 heteroatoms. The first-order chi connectivity index (χ1) is 12.3. The van der Waals surface area contributed by atoms with E-state index in [2.05, 4.69) is 34.5 Å². The van der Waals surface area contributed by atoms with Gasteiger partial charge in [0.2, 0.25) is 5.89 Å². The second-order valence-electron chi connectivity index (χ2n) is 6.60. The maximum atomic E-state index is 5.46. The van der Waals surface area contributed by atoms with E-state index >= 15 is 0 Å². The summed E-state index contributed by atoms with van der Waals surface area (Å²) in [6.07, 6.45) is 10.4. The quantitative estimate of drug-likeness (QED) is 0.804. The fraction of sp³-hybridized carbons (Fsp3) is 0.500. The van der Waals surface area contributed by atoms with Crippen LogP contribution in [-0.4, -0.2) is 23.8 Å². The Morgan fingerprint density at radius 1 is 1.28 bits per heavy atom. The number of benzene rings is 1. The van der Waals surface area contributed by atoms with Crippen molar-refractivity contribution in [2.75, 3.05) is 13.7 Å². The standard InChI is InChI=1S/C20H27N3O2/c1-15(20-22-19(23-25-20)17-10-4-3-5-11-17)21-14-8-12-16-9-6-7-13-18(16)24-2/h6-9,12-13,15,17,21H,3-5,10-11,14H2,1-2H3/b12-8+. The Bertz CT molecular complexity index is 690. The SMILES string of the molecule is COc1ccccc1/C=C/CNC(C)c1nc(C2CCCCC2)no1. The number of nitrogens with zero attached hydrogens (tertiary/aromatic N) is 2. The molecular weight excluding hydrogens is 314 g/mol. The van der Waals surface area contributed by atoms with Crippen molar-refractivity contribution in [3.63, 3.8) is 0 Å². The van der Waals surface area contributed by atoms with Crippen LogP contribution in [0.4, 0.5) is 0 Å². The molecule has 3 rings (SSSR count). The number of para-hydroxylation sites is 1. The Balaban J connectivity index is 1.51. The smallest absolute Gasteiger partial charge is 0.243 e. The molecule has 1 heterocycles. The average Bonchev–Trinajstić information content (AvgIpc) is 3.16. The first-order valence-corrected chi connectivity index (χ1v) is 9.14. The van der Waals surface area contributed by atoms with Crippen LogP contribution in [0.3, 0.4) is 0 Å². The molecule has 0 amide bonds. The average molecular weight is 341 g/mol. The summed E-state index contributed by atoms with van der Waals surface area (Å²) in [7, 11) is 1.69. The molecule has 0 bridgehead atoms. The summed E-state index contributed by atoms with van der Waals surface area (Å²) < 4.78 is 10.8. The third kappa shape index (κ3) is 4.69. The topological polar surface area (TPSA) is 60.2 Å². The van der Waals surface area contributed by atoms with Crippen LogP contribution in [0.15, 0.2) is 34.9 Å². The lowest BCUT2D eigenvalue weighted by Crippen LogP contribution is -2.19. The molecule has 1 aliphatic carbocycles. The van der Waals surface area contributed by atoms with Gasteiger partial charge in [0.1, 0.15) is 5.75 Å². The van der Waals surface area contributed by atoms with Crippen LogP contribution in [-0.2, 0) is 0 Å². The lowest BCUT2D eigenvalue weighted by Gasteiger charge is -2.17. The molecule has 5 nitrogen and oxygen atoms in total. The van der Waals surface area contributed by atoms with Crippen molar-refractivity contribution < 1.29 is 9.26 Å². The molecule has 0 saturated heterocycles. The summed E-state index contributed by atoms with van der Waals surface area (Å²) >= 11 is 0. The van der Waals surface area contributed by atoms with Gasteiger partial charge in [-0.3, -0.25) is 0 Å². The van der Waals surface area contributed by atoms with Gasteiger partial charge in [-0.05, 0) is 25.8 Å². The fourth-order valence-electron chi connectivity index (χ4n) is 3.27. The van der Waals surface area contributed by atoms with Gasteiger partial charge in [0.05, 0.1) is 13.2 Å². The number of methoxy groups -OCH3 is 1. The largest absolute Gasteiger partial charge is 0.496 e. The Kier molecular flexibility index (Phi) is 6.23. The van der Waals surface area contributed by atoms with Gasteiger partial charge in [0.25, 0.3) is 0 Å². The molecule has 1 aliphatic rings. The van der Waals surface area contributed by atoms with Crippen LogP contribution in [0.2, 0.25) is 0 Å². The van der Waals surface area contributed by atoms with Crippen LogP contribution >= 0.6 is 0 Å². The first kappa shape index (κ1) is 17.7. The predicted molar refractivity (Wildman–Crippen MR) is 98.6 cm³/mol. The molecule has 0 radical (unpaired) electrons. The van der Waals surface area contributed by atoms with E-state index in [0.717, 1.165) is 23.7 Å². The summed E-state index contributed by atoms with van der Waals surface area (Å²) in [4.78, 5) is 4.61. The first-order valence-electron chi connectivity index (χ1n) is 9.14. The number of ether oxygens (including phenoxy) is 1. The molecule has 25 heavy (non-hydrogen) atoms. The summed E-state index contributed by atoms with van der Waals surface area (Å²) in [5, 5.41) is 7.60. The number of rotatable bonds is 7. The van der Waals surface area contributed by atoms with E-state index in [-0.39, 0.29) is 6.04 Å². The van der Waals surface area contributed by atoms with Gasteiger partial charge >= 0.3 is 0 Å². The van der Waals surface area contributed by atoms with Gasteiger partial charge in [-0.1, -0.05) is 54.8 Å². The van der Waals surface area contributed by atoms with Crippen molar-refractivity contribution in [1.82, 2.24) is 15.5 Å². The Morgan fingerprint density at radius 2 is 2.08 bits per heavy atom. The monoisotopic (exact) mass is 341 g/mol. The van der Waals surface area contributed by atoms with Crippen LogP contribution in [0.1, 0.15) is 68.3 Å². The number of aromatic nitrogens is 2. The molecule has 1 aromatic heterocycles. The molecule has 1 N–H and O–H groups in total. The number of nitrogens with one attached hydrogen (secondary N) is 1. The summed E-state index contributed by atoms with van der Waals surface area (Å²) in [6.45, 7) is 2.77. The van der Waals surface area contributed by atoms with E-state index in [0.29, 0.717) is 11.8 Å². The van der Waals surface area contributed by atoms with Gasteiger partial charge < -0.3 is 14.6 Å². The van der Waals surface area contributed by atoms with E-state index in [1.165, 1.54) is 32.1 Å². The normalized spacial score (nSPS) is 17.0. The lowest BCUT2D eigenvalue weighted by atomic mass is 9.89. The lowest BCUT2D eigenvalue weighted by molar-refractivity contribution is 0.333. The minimum Gasteiger partial charge on any atom is -0.496 e. The van der Waals surface area contributed by atoms with Gasteiger partial charge in [-0.25, -0.2) is 0 Å². The molecule has 0 spiro atoms. The van der Waals surface area contributed by atoms with Crippen molar-refractivity contribution in [2.45, 2.75) is 51.0 Å². The molecule has 1 atom stereocenters. The number of hydrogen-bond acceptors (Lipinski definition) is 5. The maximum absolute atomic E-state index is 5.46. The van der Waals surface area contributed by atoms with E-state index in [4.69, 9.17) is 9.26 Å². The second kappa shape index (κ2) is 8.81. The highest BCUT2D eigenvalue weighted by Crippen LogP contribution is 2.31. The van der Waals surface area contributed by atoms with Crippen molar-refractivity contribution in [2.24, 2.45) is 0 Å². The van der Waals surface area contributed by atoms with Gasteiger partial charge in [-0.15, -0.1) is 0 Å². The van der Waals surface area contributed by atoms with E-state index in [1.807, 2.05) is 24.3 Å². The highest BCUT2D eigenvalue weighted by atomic mass is 16.5. The molecule has 2 aromatic rings. The third-order valence-electron chi connectivity index (χ3n) is 4.78. The van der Waals surface area contributed by atoms with Gasteiger partial charge in [0.15, 0.2) is 5.82 Å². The molecule has 1 fully saturated rings. The molecule has 0 aliphatic heterocycles. The third-order valence-corrected chi connectivity index (χ3v) is 4.78. The highest BCUT2D eigenvalue weighted by molar-refractivity contribution is 5.57. The second-order valence-corrected chi connectivity index (χ2v) is 6.60. The maximum Gasteiger partial charge on any atom is 0.243 e. The molecule has 1 aromatic carbocycles. The molecular formula is C20H27N3O2. The zero-order valence-electron chi connectivity index (χ0n) is 15.1.